The molecule has 0 fully saturated rings. The fraction of sp³-hybridized carbons (Fsp3) is 0.120. The molecule has 1 heterocycles. The summed E-state index contributed by atoms with van der Waals surface area (Å²) in [4.78, 5) is 42.2. The number of amides is 4. The molecule has 0 radical (unpaired) electrons. The highest BCUT2D eigenvalue weighted by Gasteiger charge is 2.18. The van der Waals surface area contributed by atoms with Crippen LogP contribution < -0.4 is 10.8 Å². The van der Waals surface area contributed by atoms with E-state index in [0.29, 0.717) is 18.5 Å². The van der Waals surface area contributed by atoms with Crippen LogP contribution in [-0.4, -0.2) is 39.5 Å². The van der Waals surface area contributed by atoms with E-state index in [1.54, 1.807) is 65.8 Å². The van der Waals surface area contributed by atoms with Crippen molar-refractivity contribution < 1.29 is 19.6 Å². The zero-order chi connectivity index (χ0) is 23.5. The second-order valence-corrected chi connectivity index (χ2v) is 7.21. The van der Waals surface area contributed by atoms with Crippen molar-refractivity contribution in [3.8, 4) is 0 Å². The summed E-state index contributed by atoms with van der Waals surface area (Å²) >= 11 is 0. The summed E-state index contributed by atoms with van der Waals surface area (Å²) in [6.07, 6.45) is 6.78. The van der Waals surface area contributed by atoms with Crippen LogP contribution in [0, 0.1) is 0 Å². The molecule has 0 unspecified atom stereocenters. The Morgan fingerprint density at radius 2 is 1.70 bits per heavy atom. The summed E-state index contributed by atoms with van der Waals surface area (Å²) in [5.41, 5.74) is 4.53. The number of urea groups is 1. The number of hydroxylamine groups is 1. The molecular weight excluding hydrogens is 420 g/mol. The van der Waals surface area contributed by atoms with Gasteiger partial charge in [-0.05, 0) is 47.4 Å². The van der Waals surface area contributed by atoms with Gasteiger partial charge in [0.15, 0.2) is 0 Å². The van der Waals surface area contributed by atoms with Crippen molar-refractivity contribution in [2.24, 2.45) is 0 Å². The highest BCUT2D eigenvalue weighted by atomic mass is 16.5. The number of aromatic nitrogens is 1. The summed E-state index contributed by atoms with van der Waals surface area (Å²) in [5, 5.41) is 11.0. The van der Waals surface area contributed by atoms with Gasteiger partial charge in [-0.25, -0.2) is 10.3 Å². The molecule has 3 N–H and O–H groups in total. The quantitative estimate of drug-likeness (QED) is 0.281. The number of hydrogen-bond donors (Lipinski definition) is 3. The second kappa shape index (κ2) is 11.9. The average Bonchev–Trinajstić information content (AvgIpc) is 2.86. The van der Waals surface area contributed by atoms with Gasteiger partial charge in [0.1, 0.15) is 0 Å². The van der Waals surface area contributed by atoms with Gasteiger partial charge in [0, 0.05) is 37.1 Å². The molecule has 8 nitrogen and oxygen atoms in total. The van der Waals surface area contributed by atoms with Gasteiger partial charge in [-0.2, -0.15) is 0 Å². The Hall–Kier alpha value is -4.30. The zero-order valence-corrected chi connectivity index (χ0v) is 17.8. The normalized spacial score (nSPS) is 10.6. The molecule has 4 amide bonds. The van der Waals surface area contributed by atoms with Gasteiger partial charge in [0.25, 0.3) is 11.8 Å². The molecule has 0 atom stereocenters. The van der Waals surface area contributed by atoms with Crippen LogP contribution in [0.5, 0.6) is 0 Å². The first-order valence-electron chi connectivity index (χ1n) is 10.3. The number of nitrogens with zero attached hydrogens (tertiary/aromatic N) is 2. The fourth-order valence-corrected chi connectivity index (χ4v) is 3.06. The van der Waals surface area contributed by atoms with Crippen molar-refractivity contribution in [1.29, 1.82) is 0 Å². The van der Waals surface area contributed by atoms with Crippen LogP contribution in [0.4, 0.5) is 4.79 Å². The third-order valence-corrected chi connectivity index (χ3v) is 4.83. The lowest BCUT2D eigenvalue weighted by molar-refractivity contribution is -0.124. The Kier molecular flexibility index (Phi) is 8.44. The largest absolute Gasteiger partial charge is 0.324 e. The minimum absolute atomic E-state index is 0.287. The molecule has 3 aromatic rings. The van der Waals surface area contributed by atoms with Crippen LogP contribution in [0.1, 0.15) is 27.0 Å². The topological polar surface area (TPSA) is 112 Å². The van der Waals surface area contributed by atoms with E-state index < -0.39 is 17.8 Å². The van der Waals surface area contributed by atoms with E-state index >= 15 is 0 Å². The van der Waals surface area contributed by atoms with E-state index in [4.69, 9.17) is 5.21 Å². The maximum Gasteiger partial charge on any atom is 0.324 e. The molecule has 8 heteroatoms. The molecular formula is C25H24N4O4. The average molecular weight is 444 g/mol. The molecule has 33 heavy (non-hydrogen) atoms. The summed E-state index contributed by atoms with van der Waals surface area (Å²) < 4.78 is 0. The van der Waals surface area contributed by atoms with Crippen molar-refractivity contribution >= 4 is 23.9 Å². The molecule has 168 valence electrons. The van der Waals surface area contributed by atoms with E-state index in [0.717, 1.165) is 16.7 Å². The first kappa shape index (κ1) is 23.4. The van der Waals surface area contributed by atoms with Gasteiger partial charge in [-0.3, -0.25) is 25.1 Å². The van der Waals surface area contributed by atoms with Gasteiger partial charge in [0.05, 0.1) is 0 Å². The SMILES string of the molecule is O=C(/C=C/c1ccc(CN(CCc2cccnc2)C(=O)NC(=O)c2ccccc2)cc1)NO. The lowest BCUT2D eigenvalue weighted by atomic mass is 10.1. The highest BCUT2D eigenvalue weighted by molar-refractivity contribution is 6.04. The number of nitrogens with one attached hydrogen (secondary N) is 2. The minimum Gasteiger partial charge on any atom is -0.320 e. The third kappa shape index (κ3) is 7.41. The van der Waals surface area contributed by atoms with Crippen LogP contribution in [0.3, 0.4) is 0 Å². The van der Waals surface area contributed by atoms with Crippen LogP contribution in [0.15, 0.2) is 85.2 Å². The predicted octanol–water partition coefficient (Wildman–Crippen LogP) is 3.19. The van der Waals surface area contributed by atoms with Crippen molar-refractivity contribution in [3.63, 3.8) is 0 Å². The van der Waals surface area contributed by atoms with E-state index in [1.807, 2.05) is 24.3 Å². The van der Waals surface area contributed by atoms with Gasteiger partial charge in [-0.1, -0.05) is 48.5 Å². The Bertz CT molecular complexity index is 1100. The number of hydrogen-bond acceptors (Lipinski definition) is 5. The Morgan fingerprint density at radius 1 is 0.939 bits per heavy atom. The van der Waals surface area contributed by atoms with Crippen molar-refractivity contribution in [1.82, 2.24) is 20.7 Å². The maximum atomic E-state index is 12.9. The number of rotatable bonds is 8. The molecule has 0 bridgehead atoms. The summed E-state index contributed by atoms with van der Waals surface area (Å²) in [6.45, 7) is 0.674. The maximum absolute atomic E-state index is 12.9. The molecule has 1 aromatic heterocycles. The molecule has 0 saturated heterocycles. The summed E-state index contributed by atoms with van der Waals surface area (Å²) in [5.74, 6) is -1.09. The van der Waals surface area contributed by atoms with Gasteiger partial charge in [0.2, 0.25) is 0 Å². The predicted molar refractivity (Wildman–Crippen MR) is 123 cm³/mol. The molecule has 0 aliphatic rings. The number of carbonyl (C=O) groups excluding carboxylic acids is 3. The van der Waals surface area contributed by atoms with E-state index in [2.05, 4.69) is 10.3 Å². The first-order chi connectivity index (χ1) is 16.0. The smallest absolute Gasteiger partial charge is 0.320 e. The van der Waals surface area contributed by atoms with E-state index in [1.165, 1.54) is 11.6 Å². The molecule has 3 rings (SSSR count). The minimum atomic E-state index is -0.625. The third-order valence-electron chi connectivity index (χ3n) is 4.83. The van der Waals surface area contributed by atoms with Gasteiger partial charge >= 0.3 is 6.03 Å². The monoisotopic (exact) mass is 444 g/mol. The summed E-state index contributed by atoms with van der Waals surface area (Å²) in [6, 6.07) is 19.1. The van der Waals surface area contributed by atoms with Crippen LogP contribution in [0.25, 0.3) is 6.08 Å². The Balaban J connectivity index is 1.70. The van der Waals surface area contributed by atoms with Gasteiger partial charge < -0.3 is 4.90 Å². The van der Waals surface area contributed by atoms with E-state index in [9.17, 15) is 14.4 Å². The molecule has 0 spiro atoms. The van der Waals surface area contributed by atoms with Crippen molar-refractivity contribution in [3.05, 3.63) is 107 Å². The van der Waals surface area contributed by atoms with Crippen LogP contribution >= 0.6 is 0 Å². The molecule has 2 aromatic carbocycles. The molecule has 0 aliphatic heterocycles. The lowest BCUT2D eigenvalue weighted by Gasteiger charge is -2.23. The lowest BCUT2D eigenvalue weighted by Crippen LogP contribution is -2.43. The standard InChI is InChI=1S/C25H24N4O4/c30-23(28-33)13-12-19-8-10-21(11-9-19)18-29(16-14-20-5-4-15-26-17-20)25(32)27-24(31)22-6-2-1-3-7-22/h1-13,15,17,33H,14,16,18H2,(H,28,30)(H,27,31,32)/b13-12+. The van der Waals surface area contributed by atoms with Crippen molar-refractivity contribution in [2.75, 3.05) is 6.54 Å². The number of imide groups is 1. The molecule has 0 aliphatic carbocycles. The number of pyridine rings is 1. The highest BCUT2D eigenvalue weighted by Crippen LogP contribution is 2.11. The fourth-order valence-electron chi connectivity index (χ4n) is 3.06. The van der Waals surface area contributed by atoms with Crippen LogP contribution in [-0.2, 0) is 17.8 Å². The number of benzene rings is 2. The van der Waals surface area contributed by atoms with Crippen LogP contribution in [0.2, 0.25) is 0 Å². The second-order valence-electron chi connectivity index (χ2n) is 7.21. The Morgan fingerprint density at radius 3 is 2.36 bits per heavy atom. The Labute approximate surface area is 191 Å². The van der Waals surface area contributed by atoms with Gasteiger partial charge in [-0.15, -0.1) is 0 Å². The van der Waals surface area contributed by atoms with E-state index in [-0.39, 0.29) is 6.54 Å². The zero-order valence-electron chi connectivity index (χ0n) is 17.8. The van der Waals surface area contributed by atoms with Crippen molar-refractivity contribution in [2.45, 2.75) is 13.0 Å². The molecule has 0 saturated carbocycles. The summed E-state index contributed by atoms with van der Waals surface area (Å²) in [7, 11) is 0. The number of carbonyl (C=O) groups is 3. The first-order valence-corrected chi connectivity index (χ1v) is 10.3.